The Morgan fingerprint density at radius 2 is 0.789 bits per heavy atom. The van der Waals surface area contributed by atoms with Crippen molar-refractivity contribution < 1.29 is 16.8 Å². The van der Waals surface area contributed by atoms with E-state index in [4.69, 9.17) is 23.2 Å². The summed E-state index contributed by atoms with van der Waals surface area (Å²) in [7, 11) is -7.30. The van der Waals surface area contributed by atoms with Crippen molar-refractivity contribution in [1.29, 1.82) is 0 Å². The molecule has 4 rings (SSSR count). The Balaban J connectivity index is 0.000000211. The van der Waals surface area contributed by atoms with Gasteiger partial charge in [0.25, 0.3) is 20.0 Å². The Kier molecular flexibility index (Phi) is 9.99. The van der Waals surface area contributed by atoms with Gasteiger partial charge in [0.05, 0.1) is 9.79 Å². The standard InChI is InChI=1S/2C14H12ClNO2S/c2*1-11-2-8-14(9-3-11)19(17,18)16-10-12-4-6-13(15)7-5-12/h2*2-10H,1H3. The molecule has 0 aliphatic carbocycles. The summed E-state index contributed by atoms with van der Waals surface area (Å²) in [4.78, 5) is 0.367. The summed E-state index contributed by atoms with van der Waals surface area (Å²) >= 11 is 11.5. The summed E-state index contributed by atoms with van der Waals surface area (Å²) in [5, 5.41) is 1.19. The van der Waals surface area contributed by atoms with Crippen molar-refractivity contribution in [3.8, 4) is 0 Å². The summed E-state index contributed by atoms with van der Waals surface area (Å²) in [6, 6.07) is 26.7. The van der Waals surface area contributed by atoms with Gasteiger partial charge in [-0.2, -0.15) is 25.6 Å². The van der Waals surface area contributed by atoms with E-state index in [-0.39, 0.29) is 9.79 Å². The van der Waals surface area contributed by atoms with E-state index in [1.807, 2.05) is 13.8 Å². The minimum atomic E-state index is -3.65. The van der Waals surface area contributed by atoms with Gasteiger partial charge in [-0.1, -0.05) is 82.9 Å². The van der Waals surface area contributed by atoms with Crippen molar-refractivity contribution in [2.24, 2.45) is 8.80 Å². The highest BCUT2D eigenvalue weighted by Crippen LogP contribution is 2.15. The average Bonchev–Trinajstić information content (AvgIpc) is 2.89. The molecule has 0 saturated heterocycles. The van der Waals surface area contributed by atoms with Crippen molar-refractivity contribution in [2.75, 3.05) is 0 Å². The molecule has 0 aliphatic rings. The molecule has 38 heavy (non-hydrogen) atoms. The normalized spacial score (nSPS) is 11.9. The minimum absolute atomic E-state index is 0.184. The van der Waals surface area contributed by atoms with Gasteiger partial charge in [-0.05, 0) is 73.5 Å². The number of sulfonamides is 2. The van der Waals surface area contributed by atoms with Crippen molar-refractivity contribution in [3.63, 3.8) is 0 Å². The van der Waals surface area contributed by atoms with Gasteiger partial charge in [0, 0.05) is 22.5 Å². The van der Waals surface area contributed by atoms with Crippen LogP contribution in [0, 0.1) is 13.8 Å². The molecule has 0 heterocycles. The predicted octanol–water partition coefficient (Wildman–Crippen LogP) is 6.91. The molecule has 0 aromatic heterocycles. The highest BCUT2D eigenvalue weighted by molar-refractivity contribution is 7.90. The van der Waals surface area contributed by atoms with Crippen molar-refractivity contribution in [2.45, 2.75) is 23.6 Å². The zero-order chi connectivity index (χ0) is 27.8. The van der Waals surface area contributed by atoms with Gasteiger partial charge in [0.15, 0.2) is 0 Å². The summed E-state index contributed by atoms with van der Waals surface area (Å²) < 4.78 is 55.2. The van der Waals surface area contributed by atoms with Gasteiger partial charge < -0.3 is 0 Å². The van der Waals surface area contributed by atoms with Crippen LogP contribution in [0.15, 0.2) is 116 Å². The van der Waals surface area contributed by atoms with E-state index in [2.05, 4.69) is 8.80 Å². The molecule has 0 N–H and O–H groups in total. The molecule has 4 aromatic carbocycles. The maximum absolute atomic E-state index is 12.0. The van der Waals surface area contributed by atoms with E-state index in [0.717, 1.165) is 11.1 Å². The van der Waals surface area contributed by atoms with E-state index >= 15 is 0 Å². The monoisotopic (exact) mass is 586 g/mol. The van der Waals surface area contributed by atoms with Crippen LogP contribution in [0.25, 0.3) is 0 Å². The number of aryl methyl sites for hydroxylation is 2. The molecule has 0 fully saturated rings. The Hall–Kier alpha value is -3.30. The first-order chi connectivity index (χ1) is 17.9. The van der Waals surface area contributed by atoms with Gasteiger partial charge >= 0.3 is 0 Å². The van der Waals surface area contributed by atoms with Crippen LogP contribution >= 0.6 is 23.2 Å². The molecule has 0 bridgehead atoms. The molecule has 196 valence electrons. The van der Waals surface area contributed by atoms with Crippen LogP contribution in [-0.4, -0.2) is 29.3 Å². The molecule has 0 unspecified atom stereocenters. The van der Waals surface area contributed by atoms with Crippen LogP contribution in [0.1, 0.15) is 22.3 Å². The summed E-state index contributed by atoms with van der Waals surface area (Å²) in [5.41, 5.74) is 3.36. The van der Waals surface area contributed by atoms with Crippen LogP contribution in [0.5, 0.6) is 0 Å². The quantitative estimate of drug-likeness (QED) is 0.229. The molecule has 4 aromatic rings. The van der Waals surface area contributed by atoms with Crippen LogP contribution in [0.4, 0.5) is 0 Å². The van der Waals surface area contributed by atoms with Crippen molar-refractivity contribution in [1.82, 2.24) is 0 Å². The smallest absolute Gasteiger partial charge is 0.199 e. The first-order valence-electron chi connectivity index (χ1n) is 11.2. The third kappa shape index (κ3) is 8.92. The third-order valence-electron chi connectivity index (χ3n) is 5.06. The SMILES string of the molecule is Cc1ccc(S(=O)(=O)N=Cc2ccc(Cl)cc2)cc1.Cc1ccc(S(=O)(=O)N=Cc2ccc(Cl)cc2)cc1. The summed E-state index contributed by atoms with van der Waals surface area (Å²) in [6.45, 7) is 3.79. The lowest BCUT2D eigenvalue weighted by Gasteiger charge is -1.99. The number of hydrogen-bond acceptors (Lipinski definition) is 4. The molecule has 0 atom stereocenters. The van der Waals surface area contributed by atoms with E-state index in [9.17, 15) is 16.8 Å². The molecular formula is C28H24Cl2N2O4S2. The Bertz CT molecular complexity index is 1510. The van der Waals surface area contributed by atoms with Crippen LogP contribution in [0.2, 0.25) is 10.0 Å². The number of nitrogens with zero attached hydrogens (tertiary/aromatic N) is 2. The van der Waals surface area contributed by atoms with Gasteiger partial charge in [-0.15, -0.1) is 0 Å². The number of benzene rings is 4. The second kappa shape index (κ2) is 13.0. The number of halogens is 2. The fourth-order valence-corrected chi connectivity index (χ4v) is 4.88. The van der Waals surface area contributed by atoms with Crippen LogP contribution in [-0.2, 0) is 20.0 Å². The van der Waals surface area contributed by atoms with Crippen molar-refractivity contribution in [3.05, 3.63) is 129 Å². The van der Waals surface area contributed by atoms with E-state index in [1.54, 1.807) is 97.1 Å². The lowest BCUT2D eigenvalue weighted by Crippen LogP contribution is -1.97. The molecule has 10 heteroatoms. The third-order valence-corrected chi connectivity index (χ3v) is 8.06. The number of rotatable bonds is 6. The van der Waals surface area contributed by atoms with Crippen LogP contribution in [0.3, 0.4) is 0 Å². The largest absolute Gasteiger partial charge is 0.282 e. The first kappa shape index (κ1) is 29.3. The van der Waals surface area contributed by atoms with Gasteiger partial charge in [0.1, 0.15) is 0 Å². The number of hydrogen-bond donors (Lipinski definition) is 0. The van der Waals surface area contributed by atoms with Crippen molar-refractivity contribution >= 4 is 55.7 Å². The topological polar surface area (TPSA) is 93.0 Å². The molecule has 0 spiro atoms. The Morgan fingerprint density at radius 3 is 1.08 bits per heavy atom. The minimum Gasteiger partial charge on any atom is -0.199 e. The maximum atomic E-state index is 12.0. The van der Waals surface area contributed by atoms with E-state index < -0.39 is 20.0 Å². The molecule has 0 aliphatic heterocycles. The molecule has 0 saturated carbocycles. The van der Waals surface area contributed by atoms with Gasteiger partial charge in [0.2, 0.25) is 0 Å². The lowest BCUT2D eigenvalue weighted by molar-refractivity contribution is 0.596. The summed E-state index contributed by atoms with van der Waals surface area (Å²) in [6.07, 6.45) is 2.62. The molecule has 0 amide bonds. The predicted molar refractivity (Wildman–Crippen MR) is 155 cm³/mol. The highest BCUT2D eigenvalue weighted by Gasteiger charge is 2.11. The average molecular weight is 588 g/mol. The molecular weight excluding hydrogens is 563 g/mol. The zero-order valence-corrected chi connectivity index (χ0v) is 23.6. The van der Waals surface area contributed by atoms with Gasteiger partial charge in [-0.25, -0.2) is 0 Å². The maximum Gasteiger partial charge on any atom is 0.282 e. The Labute approximate surface area is 233 Å². The first-order valence-corrected chi connectivity index (χ1v) is 14.8. The molecule has 6 nitrogen and oxygen atoms in total. The molecule has 0 radical (unpaired) electrons. The zero-order valence-electron chi connectivity index (χ0n) is 20.5. The second-order valence-electron chi connectivity index (χ2n) is 8.15. The lowest BCUT2D eigenvalue weighted by atomic mass is 10.2. The van der Waals surface area contributed by atoms with Gasteiger partial charge in [-0.3, -0.25) is 0 Å². The second-order valence-corrected chi connectivity index (χ2v) is 12.3. The summed E-state index contributed by atoms with van der Waals surface area (Å²) in [5.74, 6) is 0. The van der Waals surface area contributed by atoms with E-state index in [0.29, 0.717) is 21.2 Å². The van der Waals surface area contributed by atoms with Crippen LogP contribution < -0.4 is 0 Å². The van der Waals surface area contributed by atoms with E-state index in [1.165, 1.54) is 12.4 Å². The highest BCUT2D eigenvalue weighted by atomic mass is 35.5. The Morgan fingerprint density at radius 1 is 0.500 bits per heavy atom. The fraction of sp³-hybridized carbons (Fsp3) is 0.0714. The fourth-order valence-electron chi connectivity index (χ4n) is 2.90.